The first kappa shape index (κ1) is 26.6. The van der Waals surface area contributed by atoms with Crippen LogP contribution in [-0.2, 0) is 11.2 Å². The minimum atomic E-state index is -0.949. The lowest BCUT2D eigenvalue weighted by molar-refractivity contribution is -0.136. The molecule has 4 rings (SSSR count). The van der Waals surface area contributed by atoms with Crippen LogP contribution in [0.4, 0.5) is 4.39 Å². The van der Waals surface area contributed by atoms with Gasteiger partial charge in [-0.1, -0.05) is 19.1 Å². The molecule has 1 heterocycles. The molecule has 1 unspecified atom stereocenters. The molecule has 0 spiro atoms. The summed E-state index contributed by atoms with van der Waals surface area (Å²) in [4.78, 5) is 37.2. The third-order valence-electron chi connectivity index (χ3n) is 6.51. The second kappa shape index (κ2) is 11.3. The van der Waals surface area contributed by atoms with E-state index < -0.39 is 11.8 Å². The van der Waals surface area contributed by atoms with Crippen LogP contribution in [0.15, 0.2) is 65.1 Å². The van der Waals surface area contributed by atoms with Crippen LogP contribution < -0.4 is 10.6 Å². The van der Waals surface area contributed by atoms with E-state index in [4.69, 9.17) is 4.42 Å². The summed E-state index contributed by atoms with van der Waals surface area (Å²) >= 11 is 0. The van der Waals surface area contributed by atoms with Gasteiger partial charge in [0.25, 0.3) is 11.8 Å². The maximum Gasteiger partial charge on any atom is 0.303 e. The predicted molar refractivity (Wildman–Crippen MR) is 144 cm³/mol. The number of amides is 2. The molecule has 3 aromatic carbocycles. The van der Waals surface area contributed by atoms with Crippen LogP contribution in [0.2, 0.25) is 0 Å². The maximum absolute atomic E-state index is 13.6. The Morgan fingerprint density at radius 3 is 2.39 bits per heavy atom. The van der Waals surface area contributed by atoms with Gasteiger partial charge in [0.15, 0.2) is 0 Å². The average Bonchev–Trinajstić information content (AvgIpc) is 3.29. The number of carboxylic acid groups (broad SMARTS) is 1. The van der Waals surface area contributed by atoms with Crippen molar-refractivity contribution in [2.75, 3.05) is 7.05 Å². The molecule has 3 N–H and O–H groups in total. The van der Waals surface area contributed by atoms with Gasteiger partial charge in [0, 0.05) is 36.0 Å². The lowest BCUT2D eigenvalue weighted by Crippen LogP contribution is -2.31. The van der Waals surface area contributed by atoms with Gasteiger partial charge in [-0.25, -0.2) is 4.39 Å². The Balaban J connectivity index is 1.92. The number of carbonyl (C=O) groups excluding carboxylic acids is 2. The topological polar surface area (TPSA) is 109 Å². The number of furan rings is 1. The van der Waals surface area contributed by atoms with Gasteiger partial charge >= 0.3 is 5.97 Å². The highest BCUT2D eigenvalue weighted by molar-refractivity contribution is 6.12. The van der Waals surface area contributed by atoms with Gasteiger partial charge in [-0.15, -0.1) is 0 Å². The second-order valence-electron chi connectivity index (χ2n) is 9.16. The summed E-state index contributed by atoms with van der Waals surface area (Å²) in [5, 5.41) is 15.5. The number of carboxylic acids is 1. The molecule has 7 nitrogen and oxygen atoms in total. The lowest BCUT2D eigenvalue weighted by Gasteiger charge is -2.14. The predicted octanol–water partition coefficient (Wildman–Crippen LogP) is 5.81. The number of hydrogen-bond acceptors (Lipinski definition) is 4. The molecule has 0 aliphatic carbocycles. The minimum Gasteiger partial charge on any atom is -0.481 e. The largest absolute Gasteiger partial charge is 0.481 e. The van der Waals surface area contributed by atoms with E-state index in [0.29, 0.717) is 38.8 Å². The van der Waals surface area contributed by atoms with Gasteiger partial charge in [-0.05, 0) is 85.0 Å². The molecule has 0 fully saturated rings. The summed E-state index contributed by atoms with van der Waals surface area (Å²) < 4.78 is 19.7. The van der Waals surface area contributed by atoms with Crippen LogP contribution >= 0.6 is 0 Å². The highest BCUT2D eigenvalue weighted by atomic mass is 19.1. The van der Waals surface area contributed by atoms with Crippen molar-refractivity contribution < 1.29 is 28.3 Å². The van der Waals surface area contributed by atoms with E-state index in [0.717, 1.165) is 6.42 Å². The Labute approximate surface area is 219 Å². The van der Waals surface area contributed by atoms with Crippen LogP contribution in [0.1, 0.15) is 53.0 Å². The van der Waals surface area contributed by atoms with Crippen molar-refractivity contribution in [2.24, 2.45) is 0 Å². The first-order chi connectivity index (χ1) is 18.2. The molecule has 0 saturated carbocycles. The van der Waals surface area contributed by atoms with Crippen molar-refractivity contribution in [3.63, 3.8) is 0 Å². The van der Waals surface area contributed by atoms with Crippen LogP contribution in [0.25, 0.3) is 33.4 Å². The first-order valence-corrected chi connectivity index (χ1v) is 12.4. The van der Waals surface area contributed by atoms with Crippen molar-refractivity contribution in [2.45, 2.75) is 39.2 Å². The summed E-state index contributed by atoms with van der Waals surface area (Å²) in [6, 6.07) is 16.3. The molecule has 0 bridgehead atoms. The number of fused-ring (bicyclic) bond motifs is 1. The molecule has 1 atom stereocenters. The van der Waals surface area contributed by atoms with E-state index in [-0.39, 0.29) is 42.0 Å². The van der Waals surface area contributed by atoms with E-state index in [9.17, 15) is 23.9 Å². The van der Waals surface area contributed by atoms with Crippen LogP contribution in [0.3, 0.4) is 0 Å². The smallest absolute Gasteiger partial charge is 0.303 e. The van der Waals surface area contributed by atoms with Crippen molar-refractivity contribution in [1.82, 2.24) is 10.6 Å². The van der Waals surface area contributed by atoms with Crippen molar-refractivity contribution in [3.8, 4) is 22.5 Å². The molecule has 0 saturated heterocycles. The van der Waals surface area contributed by atoms with Gasteiger partial charge in [-0.3, -0.25) is 14.4 Å². The molecular formula is C30H29FN2O5. The fourth-order valence-electron chi connectivity index (χ4n) is 4.29. The number of benzene rings is 3. The van der Waals surface area contributed by atoms with Crippen LogP contribution in [0.5, 0.6) is 0 Å². The van der Waals surface area contributed by atoms with E-state index in [1.807, 2.05) is 19.9 Å². The number of rotatable bonds is 9. The Morgan fingerprint density at radius 2 is 1.74 bits per heavy atom. The fourth-order valence-corrected chi connectivity index (χ4v) is 4.29. The molecular weight excluding hydrogens is 487 g/mol. The zero-order valence-corrected chi connectivity index (χ0v) is 21.4. The Morgan fingerprint density at radius 1 is 1.00 bits per heavy atom. The van der Waals surface area contributed by atoms with E-state index in [2.05, 4.69) is 10.6 Å². The van der Waals surface area contributed by atoms with Gasteiger partial charge in [0.05, 0.1) is 5.56 Å². The molecule has 0 aliphatic rings. The quantitative estimate of drug-likeness (QED) is 0.260. The normalized spacial score (nSPS) is 11.8. The standard InChI is InChI=1S/C30H29FN2O5/c1-4-17(2)33-29(36)21-7-5-6-19(14-21)23-16-24-25(15-20(23)10-13-26(34)35)38-28(27(24)30(37)32-3)18-8-11-22(31)12-9-18/h5-9,11-12,14-17H,4,10,13H2,1-3H3,(H,32,37)(H,33,36)(H,34,35). The first-order valence-electron chi connectivity index (χ1n) is 12.4. The molecule has 38 heavy (non-hydrogen) atoms. The summed E-state index contributed by atoms with van der Waals surface area (Å²) in [5.74, 6) is -1.67. The van der Waals surface area contributed by atoms with Gasteiger partial charge in [0.1, 0.15) is 17.2 Å². The van der Waals surface area contributed by atoms with Gasteiger partial charge in [-0.2, -0.15) is 0 Å². The molecule has 0 aliphatic heterocycles. The Hall–Kier alpha value is -4.46. The number of hydrogen-bond donors (Lipinski definition) is 3. The lowest BCUT2D eigenvalue weighted by atomic mass is 9.92. The zero-order chi connectivity index (χ0) is 27.4. The Kier molecular flexibility index (Phi) is 7.90. The summed E-state index contributed by atoms with van der Waals surface area (Å²) in [6.07, 6.45) is 0.896. The van der Waals surface area contributed by atoms with Crippen molar-refractivity contribution in [3.05, 3.63) is 83.2 Å². The molecule has 1 aromatic heterocycles. The van der Waals surface area contributed by atoms with Crippen molar-refractivity contribution in [1.29, 1.82) is 0 Å². The number of halogens is 1. The molecule has 4 aromatic rings. The van der Waals surface area contributed by atoms with Gasteiger partial charge < -0.3 is 20.2 Å². The van der Waals surface area contributed by atoms with Crippen LogP contribution in [-0.4, -0.2) is 36.0 Å². The summed E-state index contributed by atoms with van der Waals surface area (Å²) in [5.41, 5.74) is 3.77. The highest BCUT2D eigenvalue weighted by Crippen LogP contribution is 2.38. The second-order valence-corrected chi connectivity index (χ2v) is 9.16. The minimum absolute atomic E-state index is 0.0135. The van der Waals surface area contributed by atoms with E-state index in [1.54, 1.807) is 30.3 Å². The zero-order valence-electron chi connectivity index (χ0n) is 21.4. The highest BCUT2D eigenvalue weighted by Gasteiger charge is 2.24. The van der Waals surface area contributed by atoms with Crippen molar-refractivity contribution >= 4 is 28.8 Å². The summed E-state index contributed by atoms with van der Waals surface area (Å²) in [6.45, 7) is 3.91. The number of carbonyl (C=O) groups is 3. The summed E-state index contributed by atoms with van der Waals surface area (Å²) in [7, 11) is 1.51. The van der Waals surface area contributed by atoms with Gasteiger partial charge in [0.2, 0.25) is 0 Å². The van der Waals surface area contributed by atoms with E-state index in [1.165, 1.54) is 31.3 Å². The Bertz CT molecular complexity index is 1510. The number of nitrogens with one attached hydrogen (secondary N) is 2. The monoisotopic (exact) mass is 516 g/mol. The van der Waals surface area contributed by atoms with E-state index >= 15 is 0 Å². The SMILES string of the molecule is CCC(C)NC(=O)c1cccc(-c2cc3c(C(=O)NC)c(-c4ccc(F)cc4)oc3cc2CCC(=O)O)c1. The number of aryl methyl sites for hydroxylation is 1. The third kappa shape index (κ3) is 5.59. The molecule has 196 valence electrons. The van der Waals surface area contributed by atoms with Crippen LogP contribution in [0, 0.1) is 5.82 Å². The fraction of sp³-hybridized carbons (Fsp3) is 0.233. The maximum atomic E-state index is 13.6. The molecule has 8 heteroatoms. The third-order valence-corrected chi connectivity index (χ3v) is 6.51. The molecule has 2 amide bonds. The number of aliphatic carboxylic acids is 1. The average molecular weight is 517 g/mol. The molecule has 0 radical (unpaired) electrons.